The molecule has 104 valence electrons. The highest BCUT2D eigenvalue weighted by Gasteiger charge is 2.12. The number of benzene rings is 2. The van der Waals surface area contributed by atoms with Crippen LogP contribution in [-0.2, 0) is 5.75 Å². The number of rotatable bonds is 4. The minimum Gasteiger partial charge on any atom is -0.294 e. The van der Waals surface area contributed by atoms with Crippen LogP contribution in [0.5, 0.6) is 0 Å². The molecule has 0 aromatic heterocycles. The van der Waals surface area contributed by atoms with Gasteiger partial charge in [0.05, 0.1) is 0 Å². The van der Waals surface area contributed by atoms with Gasteiger partial charge in [-0.3, -0.25) is 4.79 Å². The molecule has 0 N–H and O–H groups in total. The Hall–Kier alpha value is -1.32. The van der Waals surface area contributed by atoms with Gasteiger partial charge < -0.3 is 0 Å². The molecule has 4 heteroatoms. The van der Waals surface area contributed by atoms with Crippen molar-refractivity contribution in [2.75, 3.05) is 0 Å². The van der Waals surface area contributed by atoms with Gasteiger partial charge in [0.2, 0.25) is 0 Å². The van der Waals surface area contributed by atoms with Crippen LogP contribution in [0, 0.1) is 12.7 Å². The maximum absolute atomic E-state index is 13.6. The van der Waals surface area contributed by atoms with Gasteiger partial charge in [0.1, 0.15) is 5.82 Å². The third-order valence-electron chi connectivity index (χ3n) is 2.98. The molecule has 2 rings (SSSR count). The summed E-state index contributed by atoms with van der Waals surface area (Å²) < 4.78 is 13.6. The number of carbonyl (C=O) groups excluding carboxylic acids is 1. The molecule has 1 nitrogen and oxygen atoms in total. The molecule has 2 aromatic carbocycles. The summed E-state index contributed by atoms with van der Waals surface area (Å²) in [5.74, 6) is 0.160. The fraction of sp³-hybridized carbons (Fsp3) is 0.188. The lowest BCUT2D eigenvalue weighted by atomic mass is 10.1. The summed E-state index contributed by atoms with van der Waals surface area (Å²) in [6.45, 7) is 3.14. The standard InChI is InChI=1S/C16H14ClFOS/c1-10-7-16(13(11(2)19)8-15(10)18)20-9-12-5-3-4-6-14(12)17/h3-8H,9H2,1-2H3. The normalized spacial score (nSPS) is 10.6. The molecule has 20 heavy (non-hydrogen) atoms. The first kappa shape index (κ1) is 15.1. The number of aryl methyl sites for hydroxylation is 1. The molecule has 0 fully saturated rings. The van der Waals surface area contributed by atoms with Crippen molar-refractivity contribution >= 4 is 29.1 Å². The van der Waals surface area contributed by atoms with Crippen LogP contribution in [0.25, 0.3) is 0 Å². The van der Waals surface area contributed by atoms with E-state index in [2.05, 4.69) is 0 Å². The lowest BCUT2D eigenvalue weighted by Crippen LogP contribution is -1.98. The van der Waals surface area contributed by atoms with E-state index < -0.39 is 0 Å². The molecule has 0 unspecified atom stereocenters. The van der Waals surface area contributed by atoms with Gasteiger partial charge in [-0.2, -0.15) is 0 Å². The van der Waals surface area contributed by atoms with Crippen molar-refractivity contribution in [2.24, 2.45) is 0 Å². The molecular formula is C16H14ClFOS. The van der Waals surface area contributed by atoms with E-state index in [9.17, 15) is 9.18 Å². The molecule has 0 amide bonds. The molecule has 0 aliphatic heterocycles. The summed E-state index contributed by atoms with van der Waals surface area (Å²) in [5.41, 5.74) is 1.96. The maximum atomic E-state index is 13.6. The molecule has 0 aliphatic carbocycles. The molecule has 0 bridgehead atoms. The summed E-state index contributed by atoms with van der Waals surface area (Å²) in [7, 11) is 0. The summed E-state index contributed by atoms with van der Waals surface area (Å²) in [6.07, 6.45) is 0. The van der Waals surface area contributed by atoms with Gasteiger partial charge in [-0.1, -0.05) is 29.8 Å². The summed E-state index contributed by atoms with van der Waals surface area (Å²) in [6, 6.07) is 10.6. The van der Waals surface area contributed by atoms with Crippen LogP contribution in [0.2, 0.25) is 5.02 Å². The Labute approximate surface area is 127 Å². The molecule has 0 saturated heterocycles. The van der Waals surface area contributed by atoms with E-state index >= 15 is 0 Å². The quantitative estimate of drug-likeness (QED) is 0.564. The summed E-state index contributed by atoms with van der Waals surface area (Å²) >= 11 is 7.60. The molecule has 0 saturated carbocycles. The van der Waals surface area contributed by atoms with E-state index in [1.165, 1.54) is 24.8 Å². The Morgan fingerprint density at radius 1 is 1.30 bits per heavy atom. The van der Waals surface area contributed by atoms with E-state index in [4.69, 9.17) is 11.6 Å². The van der Waals surface area contributed by atoms with Crippen LogP contribution in [0.4, 0.5) is 4.39 Å². The molecule has 0 aliphatic rings. The molecule has 0 atom stereocenters. The number of halogens is 2. The molecule has 2 aromatic rings. The van der Waals surface area contributed by atoms with E-state index in [1.807, 2.05) is 24.3 Å². The van der Waals surface area contributed by atoms with Gasteiger partial charge in [-0.25, -0.2) is 4.39 Å². The van der Waals surface area contributed by atoms with Crippen LogP contribution in [0.1, 0.15) is 28.4 Å². The lowest BCUT2D eigenvalue weighted by molar-refractivity contribution is 0.101. The number of ketones is 1. The maximum Gasteiger partial charge on any atom is 0.161 e. The predicted molar refractivity (Wildman–Crippen MR) is 82.2 cm³/mol. The Morgan fingerprint density at radius 2 is 2.00 bits per heavy atom. The number of carbonyl (C=O) groups is 1. The Kier molecular flexibility index (Phi) is 4.84. The average molecular weight is 309 g/mol. The van der Waals surface area contributed by atoms with Crippen LogP contribution in [-0.4, -0.2) is 5.78 Å². The first-order valence-electron chi connectivity index (χ1n) is 6.16. The summed E-state index contributed by atoms with van der Waals surface area (Å²) in [4.78, 5) is 12.4. The second-order valence-electron chi connectivity index (χ2n) is 4.53. The predicted octanol–water partition coefficient (Wildman–Crippen LogP) is 5.28. The fourth-order valence-electron chi connectivity index (χ4n) is 1.82. The third-order valence-corrected chi connectivity index (χ3v) is 4.45. The molecule has 0 radical (unpaired) electrons. The van der Waals surface area contributed by atoms with Crippen molar-refractivity contribution in [3.05, 3.63) is 63.9 Å². The van der Waals surface area contributed by atoms with Gasteiger partial charge in [-0.05, 0) is 43.2 Å². The van der Waals surface area contributed by atoms with Gasteiger partial charge in [0, 0.05) is 21.2 Å². The zero-order valence-corrected chi connectivity index (χ0v) is 12.8. The van der Waals surface area contributed by atoms with Crippen LogP contribution in [0.15, 0.2) is 41.3 Å². The first-order chi connectivity index (χ1) is 9.49. The number of Topliss-reactive ketones (excluding diaryl/α,β-unsaturated/α-hetero) is 1. The van der Waals surface area contributed by atoms with Gasteiger partial charge in [0.15, 0.2) is 5.78 Å². The zero-order valence-electron chi connectivity index (χ0n) is 11.2. The topological polar surface area (TPSA) is 17.1 Å². The Bertz CT molecular complexity index is 655. The van der Waals surface area contributed by atoms with E-state index in [-0.39, 0.29) is 11.6 Å². The fourth-order valence-corrected chi connectivity index (χ4v) is 3.28. The average Bonchev–Trinajstić information content (AvgIpc) is 2.41. The van der Waals surface area contributed by atoms with Crippen molar-refractivity contribution in [3.8, 4) is 0 Å². The zero-order chi connectivity index (χ0) is 14.7. The largest absolute Gasteiger partial charge is 0.294 e. The van der Waals surface area contributed by atoms with E-state index in [1.54, 1.807) is 13.0 Å². The van der Waals surface area contributed by atoms with Gasteiger partial charge in [-0.15, -0.1) is 11.8 Å². The van der Waals surface area contributed by atoms with Gasteiger partial charge in [0.25, 0.3) is 0 Å². The van der Waals surface area contributed by atoms with Crippen molar-refractivity contribution in [2.45, 2.75) is 24.5 Å². The molecule has 0 spiro atoms. The van der Waals surface area contributed by atoms with E-state index in [0.717, 1.165) is 10.5 Å². The minimum atomic E-state index is -0.350. The van der Waals surface area contributed by atoms with E-state index in [0.29, 0.717) is 21.9 Å². The summed E-state index contributed by atoms with van der Waals surface area (Å²) in [5, 5.41) is 0.697. The number of hydrogen-bond acceptors (Lipinski definition) is 2. The first-order valence-corrected chi connectivity index (χ1v) is 7.52. The number of hydrogen-bond donors (Lipinski definition) is 0. The Morgan fingerprint density at radius 3 is 2.65 bits per heavy atom. The van der Waals surface area contributed by atoms with Crippen LogP contribution < -0.4 is 0 Å². The second-order valence-corrected chi connectivity index (χ2v) is 5.96. The number of thioether (sulfide) groups is 1. The smallest absolute Gasteiger partial charge is 0.161 e. The van der Waals surface area contributed by atoms with Crippen LogP contribution in [0.3, 0.4) is 0 Å². The minimum absolute atomic E-state index is 0.134. The Balaban J connectivity index is 2.27. The van der Waals surface area contributed by atoms with Crippen molar-refractivity contribution in [1.29, 1.82) is 0 Å². The molecular weight excluding hydrogens is 295 g/mol. The van der Waals surface area contributed by atoms with Gasteiger partial charge >= 0.3 is 0 Å². The van der Waals surface area contributed by atoms with Crippen molar-refractivity contribution in [3.63, 3.8) is 0 Å². The third kappa shape index (κ3) is 3.41. The second kappa shape index (κ2) is 6.42. The monoisotopic (exact) mass is 308 g/mol. The highest BCUT2D eigenvalue weighted by atomic mass is 35.5. The molecule has 0 heterocycles. The lowest BCUT2D eigenvalue weighted by Gasteiger charge is -2.10. The highest BCUT2D eigenvalue weighted by Crippen LogP contribution is 2.31. The van der Waals surface area contributed by atoms with Crippen molar-refractivity contribution < 1.29 is 9.18 Å². The van der Waals surface area contributed by atoms with Crippen LogP contribution >= 0.6 is 23.4 Å². The highest BCUT2D eigenvalue weighted by molar-refractivity contribution is 7.98. The SMILES string of the molecule is CC(=O)c1cc(F)c(C)cc1SCc1ccccc1Cl. The van der Waals surface area contributed by atoms with Crippen molar-refractivity contribution in [1.82, 2.24) is 0 Å².